The second kappa shape index (κ2) is 7.25. The fourth-order valence-corrected chi connectivity index (χ4v) is 2.79. The van der Waals surface area contributed by atoms with Gasteiger partial charge >= 0.3 is 0 Å². The van der Waals surface area contributed by atoms with Gasteiger partial charge in [-0.05, 0) is 33.4 Å². The summed E-state index contributed by atoms with van der Waals surface area (Å²) in [5.41, 5.74) is 0. The molecule has 1 aliphatic heterocycles. The van der Waals surface area contributed by atoms with Crippen LogP contribution in [0.4, 0.5) is 0 Å². The van der Waals surface area contributed by atoms with Gasteiger partial charge in [-0.25, -0.2) is 0 Å². The van der Waals surface area contributed by atoms with Crippen molar-refractivity contribution in [2.75, 3.05) is 33.9 Å². The van der Waals surface area contributed by atoms with E-state index in [0.717, 1.165) is 32.2 Å². The van der Waals surface area contributed by atoms with Crippen molar-refractivity contribution in [3.8, 4) is 0 Å². The van der Waals surface area contributed by atoms with Gasteiger partial charge in [0, 0.05) is 31.2 Å². The number of hydrogen-bond donors (Lipinski definition) is 1. The van der Waals surface area contributed by atoms with Crippen LogP contribution in [-0.2, 0) is 4.74 Å². The first kappa shape index (κ1) is 13.9. The highest BCUT2D eigenvalue weighted by atomic mass is 16.5. The molecule has 0 aromatic heterocycles. The van der Waals surface area contributed by atoms with Crippen molar-refractivity contribution in [1.29, 1.82) is 0 Å². The molecule has 1 fully saturated rings. The molecule has 0 bridgehead atoms. The Morgan fingerprint density at radius 3 is 2.62 bits per heavy atom. The molecule has 1 heterocycles. The van der Waals surface area contributed by atoms with Crippen molar-refractivity contribution in [2.45, 2.75) is 45.2 Å². The van der Waals surface area contributed by atoms with Crippen LogP contribution in [0.5, 0.6) is 0 Å². The topological polar surface area (TPSA) is 24.5 Å². The molecule has 1 N–H and O–H groups in total. The van der Waals surface area contributed by atoms with Gasteiger partial charge in [-0.2, -0.15) is 0 Å². The third kappa shape index (κ3) is 3.72. The van der Waals surface area contributed by atoms with Gasteiger partial charge in [0.25, 0.3) is 0 Å². The summed E-state index contributed by atoms with van der Waals surface area (Å²) in [6.07, 6.45) is 3.63. The molecule has 1 aliphatic rings. The molecule has 2 unspecified atom stereocenters. The molecule has 1 rings (SSSR count). The zero-order chi connectivity index (χ0) is 12.0. The van der Waals surface area contributed by atoms with Crippen LogP contribution >= 0.6 is 0 Å². The van der Waals surface area contributed by atoms with E-state index < -0.39 is 0 Å². The monoisotopic (exact) mass is 228 g/mol. The molecule has 96 valence electrons. The highest BCUT2D eigenvalue weighted by molar-refractivity contribution is 4.81. The van der Waals surface area contributed by atoms with Crippen molar-refractivity contribution in [3.63, 3.8) is 0 Å². The third-order valence-corrected chi connectivity index (χ3v) is 3.93. The molecular formula is C13H28N2O. The van der Waals surface area contributed by atoms with E-state index in [2.05, 4.69) is 38.2 Å². The quantitative estimate of drug-likeness (QED) is 0.749. The van der Waals surface area contributed by atoms with E-state index in [1.54, 1.807) is 0 Å². The maximum atomic E-state index is 5.60. The molecule has 3 heteroatoms. The molecule has 0 aromatic rings. The minimum atomic E-state index is 0.630. The summed E-state index contributed by atoms with van der Waals surface area (Å²) >= 11 is 0. The molecule has 0 amide bonds. The molecule has 0 spiro atoms. The van der Waals surface area contributed by atoms with Crippen LogP contribution < -0.4 is 5.32 Å². The van der Waals surface area contributed by atoms with E-state index in [9.17, 15) is 0 Å². The highest BCUT2D eigenvalue weighted by Crippen LogP contribution is 2.17. The lowest BCUT2D eigenvalue weighted by Crippen LogP contribution is -2.47. The predicted octanol–water partition coefficient (Wildman–Crippen LogP) is 1.73. The van der Waals surface area contributed by atoms with Crippen molar-refractivity contribution >= 4 is 0 Å². The molecule has 0 saturated carbocycles. The Bertz CT molecular complexity index is 183. The van der Waals surface area contributed by atoms with Crippen LogP contribution in [0, 0.1) is 5.92 Å². The first-order valence-corrected chi connectivity index (χ1v) is 6.68. The Morgan fingerprint density at radius 1 is 1.38 bits per heavy atom. The summed E-state index contributed by atoms with van der Waals surface area (Å²) in [5.74, 6) is 0.643. The Hall–Kier alpha value is -0.120. The van der Waals surface area contributed by atoms with Gasteiger partial charge in [-0.15, -0.1) is 0 Å². The minimum Gasteiger partial charge on any atom is -0.381 e. The summed E-state index contributed by atoms with van der Waals surface area (Å²) < 4.78 is 5.60. The third-order valence-electron chi connectivity index (χ3n) is 3.93. The lowest BCUT2D eigenvalue weighted by atomic mass is 9.94. The fourth-order valence-electron chi connectivity index (χ4n) is 2.79. The second-order valence-corrected chi connectivity index (χ2v) is 4.93. The highest BCUT2D eigenvalue weighted by Gasteiger charge is 2.26. The summed E-state index contributed by atoms with van der Waals surface area (Å²) in [6.45, 7) is 7.53. The Kier molecular flexibility index (Phi) is 6.32. The smallest absolute Gasteiger partial charge is 0.0521 e. The van der Waals surface area contributed by atoms with Gasteiger partial charge in [0.1, 0.15) is 0 Å². The van der Waals surface area contributed by atoms with Crippen molar-refractivity contribution in [3.05, 3.63) is 0 Å². The van der Waals surface area contributed by atoms with Crippen LogP contribution in [-0.4, -0.2) is 50.8 Å². The van der Waals surface area contributed by atoms with Crippen molar-refractivity contribution in [1.82, 2.24) is 10.2 Å². The van der Waals surface area contributed by atoms with Crippen LogP contribution in [0.15, 0.2) is 0 Å². The van der Waals surface area contributed by atoms with E-state index in [4.69, 9.17) is 4.74 Å². The normalized spacial score (nSPS) is 26.6. The molecule has 0 aliphatic carbocycles. The maximum Gasteiger partial charge on any atom is 0.0521 e. The zero-order valence-corrected chi connectivity index (χ0v) is 11.3. The van der Waals surface area contributed by atoms with E-state index in [1.807, 2.05) is 0 Å². The van der Waals surface area contributed by atoms with E-state index in [1.165, 1.54) is 12.8 Å². The summed E-state index contributed by atoms with van der Waals surface area (Å²) in [6, 6.07) is 1.35. The first-order valence-electron chi connectivity index (χ1n) is 6.68. The van der Waals surface area contributed by atoms with Crippen molar-refractivity contribution < 1.29 is 4.74 Å². The number of rotatable bonds is 6. The SMILES string of the molecule is CCC(CC)N(C)CC1COCCC1NC. The van der Waals surface area contributed by atoms with Gasteiger partial charge < -0.3 is 15.0 Å². The van der Waals surface area contributed by atoms with Gasteiger partial charge in [-0.1, -0.05) is 13.8 Å². The van der Waals surface area contributed by atoms with E-state index in [0.29, 0.717) is 12.0 Å². The Labute approximate surface area is 101 Å². The molecule has 2 atom stereocenters. The van der Waals surface area contributed by atoms with Crippen molar-refractivity contribution in [2.24, 2.45) is 5.92 Å². The van der Waals surface area contributed by atoms with E-state index >= 15 is 0 Å². The number of nitrogens with one attached hydrogen (secondary N) is 1. The van der Waals surface area contributed by atoms with Crippen LogP contribution in [0.3, 0.4) is 0 Å². The van der Waals surface area contributed by atoms with Crippen LogP contribution in [0.1, 0.15) is 33.1 Å². The fraction of sp³-hybridized carbons (Fsp3) is 1.00. The molecule has 1 saturated heterocycles. The molecule has 0 radical (unpaired) electrons. The Morgan fingerprint density at radius 2 is 2.06 bits per heavy atom. The molecular weight excluding hydrogens is 200 g/mol. The summed E-state index contributed by atoms with van der Waals surface area (Å²) in [7, 11) is 4.32. The number of ether oxygens (including phenoxy) is 1. The van der Waals surface area contributed by atoms with Crippen LogP contribution in [0.25, 0.3) is 0 Å². The lowest BCUT2D eigenvalue weighted by molar-refractivity contribution is 0.0158. The van der Waals surface area contributed by atoms with Gasteiger partial charge in [0.2, 0.25) is 0 Å². The Balaban J connectivity index is 2.43. The largest absolute Gasteiger partial charge is 0.381 e. The predicted molar refractivity (Wildman–Crippen MR) is 68.8 cm³/mol. The van der Waals surface area contributed by atoms with Gasteiger partial charge in [-0.3, -0.25) is 0 Å². The maximum absolute atomic E-state index is 5.60. The number of nitrogens with zero attached hydrogens (tertiary/aromatic N) is 1. The second-order valence-electron chi connectivity index (χ2n) is 4.93. The molecule has 3 nitrogen and oxygen atoms in total. The number of hydrogen-bond acceptors (Lipinski definition) is 3. The zero-order valence-electron chi connectivity index (χ0n) is 11.3. The first-order chi connectivity index (χ1) is 7.72. The average molecular weight is 228 g/mol. The standard InChI is InChI=1S/C13H28N2O/c1-5-12(6-2)15(4)9-11-10-16-8-7-13(11)14-3/h11-14H,5-10H2,1-4H3. The lowest BCUT2D eigenvalue weighted by Gasteiger charge is -2.36. The van der Waals surface area contributed by atoms with E-state index in [-0.39, 0.29) is 0 Å². The summed E-state index contributed by atoms with van der Waals surface area (Å²) in [4.78, 5) is 2.50. The van der Waals surface area contributed by atoms with Gasteiger partial charge in [0.05, 0.1) is 6.61 Å². The minimum absolute atomic E-state index is 0.630. The van der Waals surface area contributed by atoms with Crippen LogP contribution in [0.2, 0.25) is 0 Å². The van der Waals surface area contributed by atoms with Gasteiger partial charge in [0.15, 0.2) is 0 Å². The average Bonchev–Trinajstić information content (AvgIpc) is 2.31. The molecule has 0 aromatic carbocycles. The molecule has 16 heavy (non-hydrogen) atoms. The summed E-state index contributed by atoms with van der Waals surface area (Å²) in [5, 5.41) is 3.43.